The zero-order chi connectivity index (χ0) is 12.5. The largest absolute Gasteiger partial charge is 0.486 e. The minimum atomic E-state index is -0.212. The van der Waals surface area contributed by atoms with E-state index in [4.69, 9.17) is 31.5 Å². The monoisotopic (exact) mass is 269 g/mol. The molecule has 4 nitrogen and oxygen atoms in total. The van der Waals surface area contributed by atoms with Crippen LogP contribution in [-0.2, 0) is 4.74 Å². The van der Waals surface area contributed by atoms with Gasteiger partial charge in [-0.2, -0.15) is 0 Å². The molecule has 0 aliphatic carbocycles. The summed E-state index contributed by atoms with van der Waals surface area (Å²) >= 11 is 6.26. The van der Waals surface area contributed by atoms with Gasteiger partial charge >= 0.3 is 0 Å². The molecule has 0 aromatic heterocycles. The number of hydrogen-bond donors (Lipinski definition) is 1. The van der Waals surface area contributed by atoms with E-state index in [9.17, 15) is 0 Å². The third-order valence-corrected chi connectivity index (χ3v) is 3.71. The van der Waals surface area contributed by atoms with E-state index in [0.29, 0.717) is 29.7 Å². The molecule has 2 N–H and O–H groups in total. The van der Waals surface area contributed by atoms with Crippen molar-refractivity contribution in [3.8, 4) is 11.5 Å². The van der Waals surface area contributed by atoms with Gasteiger partial charge in [0.2, 0.25) is 0 Å². The van der Waals surface area contributed by atoms with Crippen molar-refractivity contribution in [2.45, 2.75) is 25.0 Å². The fourth-order valence-electron chi connectivity index (χ4n) is 2.42. The van der Waals surface area contributed by atoms with E-state index in [1.165, 1.54) is 0 Å². The molecule has 0 amide bonds. The Bertz CT molecular complexity index is 446. The number of ether oxygens (including phenoxy) is 3. The van der Waals surface area contributed by atoms with Crippen LogP contribution in [0.3, 0.4) is 0 Å². The van der Waals surface area contributed by atoms with Crippen LogP contribution in [0.4, 0.5) is 0 Å². The molecule has 2 aliphatic rings. The number of fused-ring (bicyclic) bond motifs is 1. The normalized spacial score (nSPS) is 24.0. The third-order valence-electron chi connectivity index (χ3n) is 3.39. The molecule has 1 aromatic carbocycles. The average Bonchev–Trinajstić information content (AvgIpc) is 2.91. The Balaban J connectivity index is 1.90. The summed E-state index contributed by atoms with van der Waals surface area (Å²) in [5.41, 5.74) is 7.10. The lowest BCUT2D eigenvalue weighted by Crippen LogP contribution is -2.26. The number of rotatable bonds is 2. The number of halogens is 1. The highest BCUT2D eigenvalue weighted by Gasteiger charge is 2.27. The first kappa shape index (κ1) is 12.1. The summed E-state index contributed by atoms with van der Waals surface area (Å²) in [6, 6.07) is 3.44. The van der Waals surface area contributed by atoms with Crippen molar-refractivity contribution >= 4 is 11.6 Å². The van der Waals surface area contributed by atoms with Gasteiger partial charge in [0.15, 0.2) is 11.5 Å². The van der Waals surface area contributed by atoms with E-state index in [-0.39, 0.29) is 12.1 Å². The first-order chi connectivity index (χ1) is 8.75. The molecule has 1 fully saturated rings. The maximum Gasteiger partial charge on any atom is 0.162 e. The molecule has 98 valence electrons. The van der Waals surface area contributed by atoms with Crippen LogP contribution >= 0.6 is 11.6 Å². The van der Waals surface area contributed by atoms with Crippen LogP contribution in [0, 0.1) is 0 Å². The minimum Gasteiger partial charge on any atom is -0.486 e. The summed E-state index contributed by atoms with van der Waals surface area (Å²) in [5.74, 6) is 1.41. The van der Waals surface area contributed by atoms with Crippen LogP contribution in [0.2, 0.25) is 5.02 Å². The van der Waals surface area contributed by atoms with E-state index in [2.05, 4.69) is 0 Å². The zero-order valence-electron chi connectivity index (χ0n) is 10.0. The Hall–Kier alpha value is -0.970. The topological polar surface area (TPSA) is 53.7 Å². The molecular weight excluding hydrogens is 254 g/mol. The van der Waals surface area contributed by atoms with Crippen molar-refractivity contribution in [2.24, 2.45) is 5.73 Å². The van der Waals surface area contributed by atoms with Gasteiger partial charge in [0.1, 0.15) is 13.2 Å². The second-order valence-electron chi connectivity index (χ2n) is 4.59. The summed E-state index contributed by atoms with van der Waals surface area (Å²) in [6.07, 6.45) is 2.08. The molecular formula is C13H16ClNO3. The lowest BCUT2D eigenvalue weighted by atomic mass is 9.99. The Morgan fingerprint density at radius 2 is 1.89 bits per heavy atom. The number of benzene rings is 1. The second kappa shape index (κ2) is 4.96. The molecule has 18 heavy (non-hydrogen) atoms. The first-order valence-electron chi connectivity index (χ1n) is 6.22. The van der Waals surface area contributed by atoms with E-state index < -0.39 is 0 Å². The summed E-state index contributed by atoms with van der Waals surface area (Å²) in [6.45, 7) is 1.89. The smallest absolute Gasteiger partial charge is 0.162 e. The molecule has 1 saturated heterocycles. The standard InChI is InChI=1S/C13H16ClNO3/c14-9-7-12-11(17-4-5-18-12)6-8(9)13(15)10-2-1-3-16-10/h6-7,10,13H,1-5,15H2. The quantitative estimate of drug-likeness (QED) is 0.895. The van der Waals surface area contributed by atoms with Gasteiger partial charge in [-0.3, -0.25) is 0 Å². The molecule has 2 atom stereocenters. The third kappa shape index (κ3) is 2.16. The van der Waals surface area contributed by atoms with Gasteiger partial charge in [0, 0.05) is 17.7 Å². The molecule has 2 aliphatic heterocycles. The summed E-state index contributed by atoms with van der Waals surface area (Å²) in [5, 5.41) is 0.613. The molecule has 2 heterocycles. The highest BCUT2D eigenvalue weighted by Crippen LogP contribution is 2.39. The second-order valence-corrected chi connectivity index (χ2v) is 5.00. The van der Waals surface area contributed by atoms with Gasteiger partial charge in [0.05, 0.1) is 12.1 Å². The van der Waals surface area contributed by atoms with Crippen molar-refractivity contribution < 1.29 is 14.2 Å². The van der Waals surface area contributed by atoms with Crippen LogP contribution in [0.15, 0.2) is 12.1 Å². The lowest BCUT2D eigenvalue weighted by molar-refractivity contribution is 0.0898. The fraction of sp³-hybridized carbons (Fsp3) is 0.538. The van der Waals surface area contributed by atoms with Crippen LogP contribution in [0.25, 0.3) is 0 Å². The van der Waals surface area contributed by atoms with E-state index in [0.717, 1.165) is 25.0 Å². The summed E-state index contributed by atoms with van der Waals surface area (Å²) in [4.78, 5) is 0. The molecule has 2 unspecified atom stereocenters. The van der Waals surface area contributed by atoms with Crippen LogP contribution in [-0.4, -0.2) is 25.9 Å². The predicted octanol–water partition coefficient (Wildman–Crippen LogP) is 2.29. The Morgan fingerprint density at radius 1 is 1.17 bits per heavy atom. The predicted molar refractivity (Wildman–Crippen MR) is 68.3 cm³/mol. The maximum absolute atomic E-state index is 6.26. The van der Waals surface area contributed by atoms with Gasteiger partial charge in [-0.1, -0.05) is 11.6 Å². The van der Waals surface area contributed by atoms with Crippen molar-refractivity contribution in [2.75, 3.05) is 19.8 Å². The Morgan fingerprint density at radius 3 is 2.56 bits per heavy atom. The van der Waals surface area contributed by atoms with Crippen molar-refractivity contribution in [3.63, 3.8) is 0 Å². The molecule has 0 radical (unpaired) electrons. The summed E-state index contributed by atoms with van der Waals surface area (Å²) < 4.78 is 16.6. The van der Waals surface area contributed by atoms with Crippen LogP contribution < -0.4 is 15.2 Å². The Labute approximate surface area is 111 Å². The van der Waals surface area contributed by atoms with Gasteiger partial charge in [-0.15, -0.1) is 0 Å². The zero-order valence-corrected chi connectivity index (χ0v) is 10.8. The number of nitrogens with two attached hydrogens (primary N) is 1. The van der Waals surface area contributed by atoms with Crippen LogP contribution in [0.1, 0.15) is 24.4 Å². The highest BCUT2D eigenvalue weighted by molar-refractivity contribution is 6.31. The summed E-state index contributed by atoms with van der Waals surface area (Å²) in [7, 11) is 0. The average molecular weight is 270 g/mol. The van der Waals surface area contributed by atoms with Crippen LogP contribution in [0.5, 0.6) is 11.5 Å². The Kier molecular flexibility index (Phi) is 3.33. The SMILES string of the molecule is NC(c1cc2c(cc1Cl)OCCO2)C1CCCO1. The van der Waals surface area contributed by atoms with Crippen molar-refractivity contribution in [1.29, 1.82) is 0 Å². The maximum atomic E-state index is 6.26. The fourth-order valence-corrected chi connectivity index (χ4v) is 2.70. The van der Waals surface area contributed by atoms with Crippen molar-refractivity contribution in [3.05, 3.63) is 22.7 Å². The van der Waals surface area contributed by atoms with E-state index in [1.54, 1.807) is 6.07 Å². The van der Waals surface area contributed by atoms with E-state index >= 15 is 0 Å². The lowest BCUT2D eigenvalue weighted by Gasteiger charge is -2.24. The molecule has 0 spiro atoms. The molecule has 0 saturated carbocycles. The molecule has 5 heteroatoms. The number of hydrogen-bond acceptors (Lipinski definition) is 4. The van der Waals surface area contributed by atoms with Gasteiger partial charge < -0.3 is 19.9 Å². The van der Waals surface area contributed by atoms with Gasteiger partial charge in [0.25, 0.3) is 0 Å². The van der Waals surface area contributed by atoms with E-state index in [1.807, 2.05) is 6.07 Å². The van der Waals surface area contributed by atoms with Gasteiger partial charge in [-0.05, 0) is 24.5 Å². The molecule has 3 rings (SSSR count). The molecule has 0 bridgehead atoms. The van der Waals surface area contributed by atoms with Gasteiger partial charge in [-0.25, -0.2) is 0 Å². The highest BCUT2D eigenvalue weighted by atomic mass is 35.5. The minimum absolute atomic E-state index is 0.0464. The molecule has 1 aromatic rings. The first-order valence-corrected chi connectivity index (χ1v) is 6.60. The van der Waals surface area contributed by atoms with Crippen molar-refractivity contribution in [1.82, 2.24) is 0 Å².